The number of amides is 1. The van der Waals surface area contributed by atoms with Crippen LogP contribution in [0.1, 0.15) is 23.4 Å². The molecule has 0 bridgehead atoms. The second kappa shape index (κ2) is 5.00. The summed E-state index contributed by atoms with van der Waals surface area (Å²) in [6.07, 6.45) is 2.16. The lowest BCUT2D eigenvalue weighted by Crippen LogP contribution is -2.27. The molecular formula is C16H14N2O2S. The lowest BCUT2D eigenvalue weighted by Gasteiger charge is -2.12. The van der Waals surface area contributed by atoms with E-state index in [2.05, 4.69) is 4.98 Å². The number of thiazole rings is 1. The molecule has 0 unspecified atom stereocenters. The quantitative estimate of drug-likeness (QED) is 0.723. The smallest absolute Gasteiger partial charge is 0.289 e. The Morgan fingerprint density at radius 2 is 1.95 bits per heavy atom. The zero-order valence-corrected chi connectivity index (χ0v) is 12.2. The van der Waals surface area contributed by atoms with E-state index in [4.69, 9.17) is 4.42 Å². The number of furan rings is 1. The van der Waals surface area contributed by atoms with Crippen LogP contribution >= 0.6 is 11.3 Å². The maximum Gasteiger partial charge on any atom is 0.289 e. The number of carbonyl (C=O) groups is 1. The van der Waals surface area contributed by atoms with Crippen LogP contribution in [0.5, 0.6) is 0 Å². The highest BCUT2D eigenvalue weighted by Gasteiger charge is 2.23. The van der Waals surface area contributed by atoms with Crippen molar-refractivity contribution in [2.45, 2.75) is 12.8 Å². The number of para-hydroxylation sites is 1. The van der Waals surface area contributed by atoms with Crippen LogP contribution in [-0.4, -0.2) is 28.9 Å². The Hall–Kier alpha value is -2.14. The molecule has 4 nitrogen and oxygen atoms in total. The molecule has 0 aliphatic carbocycles. The normalized spacial score (nSPS) is 15.0. The molecular weight excluding hydrogens is 284 g/mol. The average molecular weight is 298 g/mol. The third kappa shape index (κ3) is 2.23. The summed E-state index contributed by atoms with van der Waals surface area (Å²) in [6, 6.07) is 11.6. The molecule has 0 radical (unpaired) electrons. The van der Waals surface area contributed by atoms with Gasteiger partial charge in [0.05, 0.1) is 10.2 Å². The molecule has 1 fully saturated rings. The molecule has 3 aromatic rings. The SMILES string of the molecule is O=C(c1ccc(-c2nc3ccccc3s2)o1)N1CCCC1. The zero-order valence-electron chi connectivity index (χ0n) is 11.4. The van der Waals surface area contributed by atoms with Crippen molar-refractivity contribution in [3.05, 3.63) is 42.2 Å². The van der Waals surface area contributed by atoms with Gasteiger partial charge in [0.25, 0.3) is 5.91 Å². The van der Waals surface area contributed by atoms with Crippen molar-refractivity contribution >= 4 is 27.5 Å². The molecule has 1 aliphatic rings. The molecule has 1 amide bonds. The standard InChI is InChI=1S/C16H14N2O2S/c19-16(18-9-3-4-10-18)13-8-7-12(20-13)15-17-11-5-1-2-6-14(11)21-15/h1-2,5-8H,3-4,9-10H2. The van der Waals surface area contributed by atoms with Gasteiger partial charge < -0.3 is 9.32 Å². The Morgan fingerprint density at radius 1 is 1.14 bits per heavy atom. The van der Waals surface area contributed by atoms with Gasteiger partial charge in [-0.1, -0.05) is 12.1 Å². The van der Waals surface area contributed by atoms with Gasteiger partial charge in [0, 0.05) is 13.1 Å². The minimum absolute atomic E-state index is 0.0140. The summed E-state index contributed by atoms with van der Waals surface area (Å²) in [4.78, 5) is 18.7. The molecule has 0 atom stereocenters. The Morgan fingerprint density at radius 3 is 2.76 bits per heavy atom. The highest BCUT2D eigenvalue weighted by Crippen LogP contribution is 2.31. The lowest BCUT2D eigenvalue weighted by atomic mass is 10.3. The van der Waals surface area contributed by atoms with Crippen molar-refractivity contribution in [3.8, 4) is 10.8 Å². The van der Waals surface area contributed by atoms with Crippen LogP contribution in [0.25, 0.3) is 21.0 Å². The van der Waals surface area contributed by atoms with Crippen LogP contribution in [-0.2, 0) is 0 Å². The molecule has 1 aliphatic heterocycles. The van der Waals surface area contributed by atoms with Crippen LogP contribution in [0.4, 0.5) is 0 Å². The van der Waals surface area contributed by atoms with E-state index in [1.165, 1.54) is 0 Å². The van der Waals surface area contributed by atoms with E-state index in [0.29, 0.717) is 11.5 Å². The van der Waals surface area contributed by atoms with Crippen molar-refractivity contribution in [3.63, 3.8) is 0 Å². The molecule has 0 spiro atoms. The highest BCUT2D eigenvalue weighted by molar-refractivity contribution is 7.21. The minimum atomic E-state index is -0.0140. The summed E-state index contributed by atoms with van der Waals surface area (Å²) in [7, 11) is 0. The Labute approximate surface area is 126 Å². The first-order chi connectivity index (χ1) is 10.3. The van der Waals surface area contributed by atoms with Gasteiger partial charge in [-0.2, -0.15) is 0 Å². The maximum atomic E-state index is 12.3. The summed E-state index contributed by atoms with van der Waals surface area (Å²) in [6.45, 7) is 1.66. The Balaban J connectivity index is 1.65. The van der Waals surface area contributed by atoms with E-state index >= 15 is 0 Å². The number of carbonyl (C=O) groups excluding carboxylic acids is 1. The van der Waals surface area contributed by atoms with Crippen LogP contribution in [0.15, 0.2) is 40.8 Å². The molecule has 21 heavy (non-hydrogen) atoms. The van der Waals surface area contributed by atoms with Crippen molar-refractivity contribution in [1.29, 1.82) is 0 Å². The van der Waals surface area contributed by atoms with Gasteiger partial charge in [0.2, 0.25) is 0 Å². The first-order valence-electron chi connectivity index (χ1n) is 7.06. The van der Waals surface area contributed by atoms with Crippen molar-refractivity contribution in [1.82, 2.24) is 9.88 Å². The summed E-state index contributed by atoms with van der Waals surface area (Å²) >= 11 is 1.58. The van der Waals surface area contributed by atoms with E-state index < -0.39 is 0 Å². The van der Waals surface area contributed by atoms with E-state index in [1.54, 1.807) is 17.4 Å². The van der Waals surface area contributed by atoms with Crippen LogP contribution in [0.2, 0.25) is 0 Å². The molecule has 3 heterocycles. The molecule has 4 rings (SSSR count). The number of benzene rings is 1. The first kappa shape index (κ1) is 12.6. The number of hydrogen-bond donors (Lipinski definition) is 0. The molecule has 2 aromatic heterocycles. The molecule has 0 N–H and O–H groups in total. The fourth-order valence-corrected chi connectivity index (χ4v) is 3.55. The molecule has 1 aromatic carbocycles. The van der Waals surface area contributed by atoms with Crippen LogP contribution < -0.4 is 0 Å². The monoisotopic (exact) mass is 298 g/mol. The topological polar surface area (TPSA) is 46.3 Å². The third-order valence-electron chi connectivity index (χ3n) is 3.71. The number of fused-ring (bicyclic) bond motifs is 1. The second-order valence-electron chi connectivity index (χ2n) is 5.15. The fraction of sp³-hybridized carbons (Fsp3) is 0.250. The number of rotatable bonds is 2. The van der Waals surface area contributed by atoms with E-state index in [0.717, 1.165) is 41.2 Å². The summed E-state index contributed by atoms with van der Waals surface area (Å²) in [5.74, 6) is 1.06. The van der Waals surface area contributed by atoms with Gasteiger partial charge in [-0.25, -0.2) is 4.98 Å². The highest BCUT2D eigenvalue weighted by atomic mass is 32.1. The second-order valence-corrected chi connectivity index (χ2v) is 6.18. The van der Waals surface area contributed by atoms with Gasteiger partial charge in [-0.3, -0.25) is 4.79 Å². The summed E-state index contributed by atoms with van der Waals surface area (Å²) < 4.78 is 6.85. The van der Waals surface area contributed by atoms with Gasteiger partial charge >= 0.3 is 0 Å². The van der Waals surface area contributed by atoms with Crippen LogP contribution in [0.3, 0.4) is 0 Å². The van der Waals surface area contributed by atoms with Crippen LogP contribution in [0, 0.1) is 0 Å². The van der Waals surface area contributed by atoms with Crippen molar-refractivity contribution < 1.29 is 9.21 Å². The largest absolute Gasteiger partial charge is 0.448 e. The Bertz CT molecular complexity index is 766. The Kier molecular flexibility index (Phi) is 3.00. The molecule has 5 heteroatoms. The molecule has 1 saturated heterocycles. The van der Waals surface area contributed by atoms with Crippen molar-refractivity contribution in [2.75, 3.05) is 13.1 Å². The lowest BCUT2D eigenvalue weighted by molar-refractivity contribution is 0.0762. The molecule has 106 valence electrons. The first-order valence-corrected chi connectivity index (χ1v) is 7.88. The van der Waals surface area contributed by atoms with Gasteiger partial charge in [-0.15, -0.1) is 11.3 Å². The summed E-state index contributed by atoms with van der Waals surface area (Å²) in [5, 5.41) is 0.816. The van der Waals surface area contributed by atoms with E-state index in [1.807, 2.05) is 35.2 Å². The number of aromatic nitrogens is 1. The van der Waals surface area contributed by atoms with Gasteiger partial charge in [0.1, 0.15) is 0 Å². The van der Waals surface area contributed by atoms with Gasteiger partial charge in [0.15, 0.2) is 16.5 Å². The zero-order chi connectivity index (χ0) is 14.2. The average Bonchev–Trinajstić information content (AvgIpc) is 3.24. The summed E-state index contributed by atoms with van der Waals surface area (Å²) in [5.41, 5.74) is 0.960. The number of nitrogens with zero attached hydrogens (tertiary/aromatic N) is 2. The maximum absolute atomic E-state index is 12.3. The van der Waals surface area contributed by atoms with Crippen molar-refractivity contribution in [2.24, 2.45) is 0 Å². The minimum Gasteiger partial charge on any atom is -0.448 e. The van der Waals surface area contributed by atoms with E-state index in [9.17, 15) is 4.79 Å². The third-order valence-corrected chi connectivity index (χ3v) is 4.77. The van der Waals surface area contributed by atoms with Gasteiger partial charge in [-0.05, 0) is 37.1 Å². The van der Waals surface area contributed by atoms with E-state index in [-0.39, 0.29) is 5.91 Å². The predicted octanol–water partition coefficient (Wildman–Crippen LogP) is 3.79. The number of likely N-dealkylation sites (tertiary alicyclic amines) is 1. The molecule has 0 saturated carbocycles. The predicted molar refractivity (Wildman–Crippen MR) is 82.5 cm³/mol. The number of hydrogen-bond acceptors (Lipinski definition) is 4. The fourth-order valence-electron chi connectivity index (χ4n) is 2.62.